The molecule has 0 atom stereocenters. The van der Waals surface area contributed by atoms with Crippen LogP contribution in [0, 0.1) is 13.8 Å². The smallest absolute Gasteiger partial charge is 0.191 e. The Balaban J connectivity index is 1.45. The van der Waals surface area contributed by atoms with E-state index in [-0.39, 0.29) is 0 Å². The van der Waals surface area contributed by atoms with Crippen molar-refractivity contribution in [3.8, 4) is 0 Å². The fourth-order valence-corrected chi connectivity index (χ4v) is 4.01. The number of thiazole rings is 1. The molecule has 1 aromatic heterocycles. The SMILES string of the molecule is CN=C(NCc1sc(C)nc1C)NC1CCN(C2CC2)CC1. The maximum absolute atomic E-state index is 4.47. The van der Waals surface area contributed by atoms with Crippen molar-refractivity contribution in [2.24, 2.45) is 4.99 Å². The van der Waals surface area contributed by atoms with E-state index in [0.29, 0.717) is 6.04 Å². The van der Waals surface area contributed by atoms with E-state index in [1.54, 1.807) is 11.3 Å². The summed E-state index contributed by atoms with van der Waals surface area (Å²) in [6, 6.07) is 1.45. The molecule has 6 heteroatoms. The van der Waals surface area contributed by atoms with Crippen LogP contribution < -0.4 is 10.6 Å². The minimum absolute atomic E-state index is 0.547. The Morgan fingerprint density at radius 2 is 2.00 bits per heavy atom. The lowest BCUT2D eigenvalue weighted by molar-refractivity contribution is 0.197. The van der Waals surface area contributed by atoms with E-state index in [0.717, 1.165) is 29.2 Å². The molecule has 3 rings (SSSR count). The minimum atomic E-state index is 0.547. The third kappa shape index (κ3) is 3.98. The van der Waals surface area contributed by atoms with Crippen molar-refractivity contribution in [2.75, 3.05) is 20.1 Å². The predicted octanol–water partition coefficient (Wildman–Crippen LogP) is 2.05. The van der Waals surface area contributed by atoms with Gasteiger partial charge >= 0.3 is 0 Å². The topological polar surface area (TPSA) is 52.6 Å². The summed E-state index contributed by atoms with van der Waals surface area (Å²) < 4.78 is 0. The van der Waals surface area contributed by atoms with Crippen molar-refractivity contribution in [3.05, 3.63) is 15.6 Å². The molecule has 2 fully saturated rings. The van der Waals surface area contributed by atoms with Gasteiger partial charge in [-0.05, 0) is 39.5 Å². The van der Waals surface area contributed by atoms with E-state index in [1.165, 1.54) is 43.6 Å². The molecule has 0 amide bonds. The van der Waals surface area contributed by atoms with Crippen molar-refractivity contribution in [2.45, 2.75) is 58.2 Å². The first-order valence-corrected chi connectivity index (χ1v) is 9.11. The molecular weight excluding hydrogens is 294 g/mol. The quantitative estimate of drug-likeness (QED) is 0.658. The van der Waals surface area contributed by atoms with Crippen LogP contribution in [0.15, 0.2) is 4.99 Å². The molecule has 1 aromatic rings. The second-order valence-corrected chi connectivity index (χ2v) is 7.64. The monoisotopic (exact) mass is 321 g/mol. The molecule has 0 aromatic carbocycles. The number of nitrogens with one attached hydrogen (secondary N) is 2. The van der Waals surface area contributed by atoms with Gasteiger partial charge in [-0.25, -0.2) is 4.98 Å². The predicted molar refractivity (Wildman–Crippen MR) is 92.5 cm³/mol. The largest absolute Gasteiger partial charge is 0.354 e. The molecule has 5 nitrogen and oxygen atoms in total. The Morgan fingerprint density at radius 3 is 2.55 bits per heavy atom. The van der Waals surface area contributed by atoms with Crippen LogP contribution in [0.3, 0.4) is 0 Å². The standard InChI is InChI=1S/C16H27N5S/c1-11-15(22-12(2)19-11)10-18-16(17-3)20-13-6-8-21(9-7-13)14-4-5-14/h13-14H,4-10H2,1-3H3,(H2,17,18,20). The molecule has 0 radical (unpaired) electrons. The average molecular weight is 321 g/mol. The maximum Gasteiger partial charge on any atom is 0.191 e. The number of piperidine rings is 1. The van der Waals surface area contributed by atoms with Gasteiger partial charge in [0.05, 0.1) is 17.2 Å². The molecule has 1 saturated carbocycles. The van der Waals surface area contributed by atoms with Gasteiger partial charge in [0, 0.05) is 37.1 Å². The first-order valence-electron chi connectivity index (χ1n) is 8.30. The molecule has 2 heterocycles. The van der Waals surface area contributed by atoms with Crippen molar-refractivity contribution >= 4 is 17.3 Å². The third-order valence-electron chi connectivity index (χ3n) is 4.57. The number of hydrogen-bond acceptors (Lipinski definition) is 4. The number of aromatic nitrogens is 1. The van der Waals surface area contributed by atoms with Gasteiger partial charge in [0.2, 0.25) is 0 Å². The van der Waals surface area contributed by atoms with Gasteiger partial charge in [0.1, 0.15) is 0 Å². The summed E-state index contributed by atoms with van der Waals surface area (Å²) in [5.41, 5.74) is 1.13. The highest BCUT2D eigenvalue weighted by Gasteiger charge is 2.31. The molecule has 1 aliphatic heterocycles. The van der Waals surface area contributed by atoms with E-state index >= 15 is 0 Å². The molecule has 0 spiro atoms. The number of aliphatic imine (C=N–C) groups is 1. The van der Waals surface area contributed by atoms with Crippen LogP contribution in [0.1, 0.15) is 41.3 Å². The van der Waals surface area contributed by atoms with Crippen LogP contribution in [-0.2, 0) is 6.54 Å². The zero-order chi connectivity index (χ0) is 15.5. The van der Waals surface area contributed by atoms with E-state index in [2.05, 4.69) is 39.4 Å². The van der Waals surface area contributed by atoms with Gasteiger partial charge in [-0.2, -0.15) is 0 Å². The normalized spacial score (nSPS) is 21.1. The number of rotatable bonds is 4. The minimum Gasteiger partial charge on any atom is -0.354 e. The number of nitrogens with zero attached hydrogens (tertiary/aromatic N) is 3. The Bertz CT molecular complexity index is 527. The van der Waals surface area contributed by atoms with Gasteiger partial charge in [-0.3, -0.25) is 4.99 Å². The van der Waals surface area contributed by atoms with Crippen LogP contribution in [0.4, 0.5) is 0 Å². The summed E-state index contributed by atoms with van der Waals surface area (Å²) in [5.74, 6) is 0.912. The van der Waals surface area contributed by atoms with E-state index in [1.807, 2.05) is 7.05 Å². The summed E-state index contributed by atoms with van der Waals surface area (Å²) >= 11 is 1.76. The van der Waals surface area contributed by atoms with Gasteiger partial charge in [0.15, 0.2) is 5.96 Å². The van der Waals surface area contributed by atoms with E-state index < -0.39 is 0 Å². The Labute approximate surface area is 137 Å². The zero-order valence-corrected chi connectivity index (χ0v) is 14.7. The van der Waals surface area contributed by atoms with Crippen molar-refractivity contribution in [1.29, 1.82) is 0 Å². The highest BCUT2D eigenvalue weighted by atomic mass is 32.1. The lowest BCUT2D eigenvalue weighted by Gasteiger charge is -2.33. The van der Waals surface area contributed by atoms with Gasteiger partial charge in [-0.15, -0.1) is 11.3 Å². The lowest BCUT2D eigenvalue weighted by atomic mass is 10.1. The zero-order valence-electron chi connectivity index (χ0n) is 13.9. The fraction of sp³-hybridized carbons (Fsp3) is 0.750. The Kier molecular flexibility index (Phi) is 4.98. The molecule has 0 bridgehead atoms. The molecule has 0 unspecified atom stereocenters. The summed E-state index contributed by atoms with van der Waals surface area (Å²) in [5, 5.41) is 8.14. The number of hydrogen-bond donors (Lipinski definition) is 2. The van der Waals surface area contributed by atoms with Crippen LogP contribution in [0.5, 0.6) is 0 Å². The van der Waals surface area contributed by atoms with Gasteiger partial charge in [-0.1, -0.05) is 0 Å². The number of aryl methyl sites for hydroxylation is 2. The molecule has 122 valence electrons. The lowest BCUT2D eigenvalue weighted by Crippen LogP contribution is -2.48. The van der Waals surface area contributed by atoms with Crippen LogP contribution in [-0.4, -0.2) is 48.1 Å². The van der Waals surface area contributed by atoms with Gasteiger partial charge in [0.25, 0.3) is 0 Å². The Hall–Kier alpha value is -1.14. The first kappa shape index (κ1) is 15.7. The number of guanidine groups is 1. The third-order valence-corrected chi connectivity index (χ3v) is 5.65. The summed E-state index contributed by atoms with van der Waals surface area (Å²) in [7, 11) is 1.85. The maximum atomic E-state index is 4.47. The van der Waals surface area contributed by atoms with Crippen LogP contribution in [0.2, 0.25) is 0 Å². The van der Waals surface area contributed by atoms with E-state index in [4.69, 9.17) is 0 Å². The highest BCUT2D eigenvalue weighted by Crippen LogP contribution is 2.29. The molecule has 1 saturated heterocycles. The summed E-state index contributed by atoms with van der Waals surface area (Å²) in [6.07, 6.45) is 5.26. The first-order chi connectivity index (χ1) is 10.7. The van der Waals surface area contributed by atoms with Gasteiger partial charge < -0.3 is 15.5 Å². The van der Waals surface area contributed by atoms with Crippen LogP contribution >= 0.6 is 11.3 Å². The Morgan fingerprint density at radius 1 is 1.27 bits per heavy atom. The van der Waals surface area contributed by atoms with E-state index in [9.17, 15) is 0 Å². The van der Waals surface area contributed by atoms with Crippen molar-refractivity contribution < 1.29 is 0 Å². The molecule has 2 aliphatic rings. The second-order valence-electron chi connectivity index (χ2n) is 6.35. The molecule has 22 heavy (non-hydrogen) atoms. The number of likely N-dealkylation sites (tertiary alicyclic amines) is 1. The van der Waals surface area contributed by atoms with Crippen LogP contribution in [0.25, 0.3) is 0 Å². The van der Waals surface area contributed by atoms with Crippen molar-refractivity contribution in [3.63, 3.8) is 0 Å². The summed E-state index contributed by atoms with van der Waals surface area (Å²) in [4.78, 5) is 12.8. The summed E-state index contributed by atoms with van der Waals surface area (Å²) in [6.45, 7) is 7.39. The molecule has 2 N–H and O–H groups in total. The van der Waals surface area contributed by atoms with Crippen molar-refractivity contribution in [1.82, 2.24) is 20.5 Å². The average Bonchev–Trinajstić information content (AvgIpc) is 3.30. The second kappa shape index (κ2) is 6.96. The molecular formula is C16H27N5S. The fourth-order valence-electron chi connectivity index (χ4n) is 3.14. The highest BCUT2D eigenvalue weighted by molar-refractivity contribution is 7.11. The molecule has 1 aliphatic carbocycles.